The maximum atomic E-state index is 13.9. The number of rotatable bonds is 7. The number of benzene rings is 2. The van der Waals surface area contributed by atoms with E-state index in [1.165, 1.54) is 11.1 Å². The number of carbonyl (C=O) groups excluding carboxylic acids is 3. The number of ketones is 3. The predicted octanol–water partition coefficient (Wildman–Crippen LogP) is 7.17. The Morgan fingerprint density at radius 3 is 2.47 bits per heavy atom. The van der Waals surface area contributed by atoms with E-state index < -0.39 is 0 Å². The monoisotopic (exact) mass is 476 g/mol. The topological polar surface area (TPSA) is 51.2 Å². The number of hydrogen-bond acceptors (Lipinski definition) is 3. The van der Waals surface area contributed by atoms with Crippen molar-refractivity contribution in [2.24, 2.45) is 17.8 Å². The quantitative estimate of drug-likeness (QED) is 0.398. The van der Waals surface area contributed by atoms with Crippen LogP contribution in [0.1, 0.15) is 77.6 Å². The maximum Gasteiger partial charge on any atom is 0.170 e. The lowest BCUT2D eigenvalue weighted by Crippen LogP contribution is -2.26. The van der Waals surface area contributed by atoms with Crippen molar-refractivity contribution in [1.82, 2.24) is 0 Å². The fourth-order valence-corrected chi connectivity index (χ4v) is 6.54. The highest BCUT2D eigenvalue weighted by Crippen LogP contribution is 2.52. The molecule has 2 atom stereocenters. The zero-order chi connectivity index (χ0) is 24.8. The molecule has 0 saturated heterocycles. The number of fused-ring (bicyclic) bond motifs is 1. The van der Waals surface area contributed by atoms with Gasteiger partial charge in [0, 0.05) is 35.0 Å². The molecule has 3 nitrogen and oxygen atoms in total. The molecule has 0 radical (unpaired) electrons. The van der Waals surface area contributed by atoms with Crippen molar-refractivity contribution in [3.8, 4) is 0 Å². The first kappa shape index (κ1) is 23.1. The fourth-order valence-electron chi connectivity index (χ4n) is 6.54. The summed E-state index contributed by atoms with van der Waals surface area (Å²) >= 11 is 0. The van der Waals surface area contributed by atoms with Crippen LogP contribution in [0, 0.1) is 24.7 Å². The standard InChI is InChI=1S/C33H32O3/c1-20-6-5-9-24(16-20)32(35)25-12-14-28-26(18-25)19-27-17-23(30(22-10-11-22)33(36)31(27)28)13-15-29(34)21-7-3-2-4-8-21/h2-9,16-17,22,25,30H,10-15,18-19H2,1H3. The Kier molecular flexibility index (Phi) is 5.95. The van der Waals surface area contributed by atoms with Gasteiger partial charge in [-0.2, -0.15) is 0 Å². The highest BCUT2D eigenvalue weighted by atomic mass is 16.1. The van der Waals surface area contributed by atoms with Gasteiger partial charge in [-0.15, -0.1) is 0 Å². The van der Waals surface area contributed by atoms with Crippen molar-refractivity contribution in [2.45, 2.75) is 58.3 Å². The van der Waals surface area contributed by atoms with Gasteiger partial charge in [-0.3, -0.25) is 14.4 Å². The van der Waals surface area contributed by atoms with Crippen LogP contribution in [0.3, 0.4) is 0 Å². The molecule has 0 amide bonds. The summed E-state index contributed by atoms with van der Waals surface area (Å²) in [6.45, 7) is 2.02. The third kappa shape index (κ3) is 4.25. The Bertz CT molecular complexity index is 1350. The summed E-state index contributed by atoms with van der Waals surface area (Å²) in [4.78, 5) is 39.9. The van der Waals surface area contributed by atoms with E-state index in [-0.39, 0.29) is 29.2 Å². The SMILES string of the molecule is Cc1cccc(C(=O)C2CCC3=C(CC4=C3C(=O)C(C3CC3)C(CCC(=O)c3ccccc3)=C4)C2)c1. The van der Waals surface area contributed by atoms with E-state index in [4.69, 9.17) is 0 Å². The summed E-state index contributed by atoms with van der Waals surface area (Å²) in [5, 5.41) is 0. The van der Waals surface area contributed by atoms with E-state index in [0.717, 1.165) is 71.9 Å². The van der Waals surface area contributed by atoms with Gasteiger partial charge in [0.05, 0.1) is 0 Å². The van der Waals surface area contributed by atoms with Gasteiger partial charge in [0.15, 0.2) is 17.3 Å². The van der Waals surface area contributed by atoms with Gasteiger partial charge in [-0.05, 0) is 75.0 Å². The summed E-state index contributed by atoms with van der Waals surface area (Å²) in [5.74, 6) is 1.01. The van der Waals surface area contributed by atoms with Crippen LogP contribution in [0.2, 0.25) is 0 Å². The summed E-state index contributed by atoms with van der Waals surface area (Å²) in [6, 6.07) is 17.3. The van der Waals surface area contributed by atoms with Crippen molar-refractivity contribution >= 4 is 17.3 Å². The molecule has 4 aliphatic rings. The normalized spacial score (nSPS) is 23.4. The van der Waals surface area contributed by atoms with E-state index in [2.05, 4.69) is 6.08 Å². The van der Waals surface area contributed by atoms with Gasteiger partial charge in [-0.25, -0.2) is 0 Å². The average Bonchev–Trinajstić information content (AvgIpc) is 3.66. The van der Waals surface area contributed by atoms with Crippen molar-refractivity contribution in [3.63, 3.8) is 0 Å². The molecule has 0 bridgehead atoms. The molecule has 2 aromatic rings. The second-order valence-electron chi connectivity index (χ2n) is 11.0. The largest absolute Gasteiger partial charge is 0.294 e. The first-order valence-electron chi connectivity index (χ1n) is 13.4. The molecule has 0 heterocycles. The number of aryl methyl sites for hydroxylation is 1. The van der Waals surface area contributed by atoms with Crippen molar-refractivity contribution in [1.29, 1.82) is 0 Å². The van der Waals surface area contributed by atoms with E-state index in [1.54, 1.807) is 0 Å². The smallest absolute Gasteiger partial charge is 0.170 e. The Morgan fingerprint density at radius 2 is 1.72 bits per heavy atom. The third-order valence-electron chi connectivity index (χ3n) is 8.48. The van der Waals surface area contributed by atoms with Crippen LogP contribution in [0.5, 0.6) is 0 Å². The molecular formula is C33H32O3. The van der Waals surface area contributed by atoms with Crippen LogP contribution < -0.4 is 0 Å². The van der Waals surface area contributed by atoms with Gasteiger partial charge < -0.3 is 0 Å². The molecule has 0 spiro atoms. The van der Waals surface area contributed by atoms with Crippen molar-refractivity contribution < 1.29 is 14.4 Å². The fraction of sp³-hybridized carbons (Fsp3) is 0.364. The summed E-state index contributed by atoms with van der Waals surface area (Å²) < 4.78 is 0. The first-order valence-corrected chi connectivity index (χ1v) is 13.4. The molecule has 6 rings (SSSR count). The Morgan fingerprint density at radius 1 is 0.944 bits per heavy atom. The van der Waals surface area contributed by atoms with Crippen molar-refractivity contribution in [3.05, 3.63) is 105 Å². The Labute approximate surface area is 213 Å². The van der Waals surface area contributed by atoms with Crippen LogP contribution in [0.25, 0.3) is 0 Å². The number of Topliss-reactive ketones (excluding diaryl/α,β-unsaturated/α-hetero) is 3. The lowest BCUT2D eigenvalue weighted by atomic mass is 9.75. The van der Waals surface area contributed by atoms with Crippen LogP contribution in [-0.2, 0) is 4.79 Å². The molecule has 4 aliphatic carbocycles. The number of allylic oxidation sites excluding steroid dienone is 6. The zero-order valence-corrected chi connectivity index (χ0v) is 20.9. The molecule has 0 aliphatic heterocycles. The highest BCUT2D eigenvalue weighted by Gasteiger charge is 2.45. The highest BCUT2D eigenvalue weighted by molar-refractivity contribution is 6.07. The minimum atomic E-state index is -0.0641. The lowest BCUT2D eigenvalue weighted by molar-refractivity contribution is -0.118. The molecule has 182 valence electrons. The van der Waals surface area contributed by atoms with E-state index in [9.17, 15) is 14.4 Å². The summed E-state index contributed by atoms with van der Waals surface area (Å²) in [7, 11) is 0. The molecular weight excluding hydrogens is 444 g/mol. The minimum Gasteiger partial charge on any atom is -0.294 e. The second-order valence-corrected chi connectivity index (χ2v) is 11.0. The molecule has 1 saturated carbocycles. The van der Waals surface area contributed by atoms with Crippen molar-refractivity contribution in [2.75, 3.05) is 0 Å². The predicted molar refractivity (Wildman–Crippen MR) is 141 cm³/mol. The summed E-state index contributed by atoms with van der Waals surface area (Å²) in [5.41, 5.74) is 8.41. The molecule has 0 aromatic heterocycles. The van der Waals surface area contributed by atoms with Gasteiger partial charge >= 0.3 is 0 Å². The van der Waals surface area contributed by atoms with E-state index in [0.29, 0.717) is 18.8 Å². The van der Waals surface area contributed by atoms with Gasteiger partial charge in [0.2, 0.25) is 0 Å². The maximum absolute atomic E-state index is 13.9. The molecule has 36 heavy (non-hydrogen) atoms. The number of hydrogen-bond donors (Lipinski definition) is 0. The Hall–Kier alpha value is -3.33. The lowest BCUT2D eigenvalue weighted by Gasteiger charge is -2.27. The van der Waals surface area contributed by atoms with Gasteiger partial charge in [0.1, 0.15) is 0 Å². The Balaban J connectivity index is 1.21. The molecule has 0 N–H and O–H groups in total. The summed E-state index contributed by atoms with van der Waals surface area (Å²) in [6.07, 6.45) is 8.71. The number of carbonyl (C=O) groups is 3. The van der Waals surface area contributed by atoms with Crippen LogP contribution >= 0.6 is 0 Å². The van der Waals surface area contributed by atoms with Crippen LogP contribution in [0.15, 0.2) is 88.5 Å². The van der Waals surface area contributed by atoms with Crippen LogP contribution in [0.4, 0.5) is 0 Å². The van der Waals surface area contributed by atoms with E-state index >= 15 is 0 Å². The third-order valence-corrected chi connectivity index (χ3v) is 8.48. The molecule has 2 aromatic carbocycles. The molecule has 2 unspecified atom stereocenters. The molecule has 3 heteroatoms. The van der Waals surface area contributed by atoms with Gasteiger partial charge in [0.25, 0.3) is 0 Å². The first-order chi connectivity index (χ1) is 17.5. The van der Waals surface area contributed by atoms with Crippen LogP contribution in [-0.4, -0.2) is 17.3 Å². The van der Waals surface area contributed by atoms with E-state index in [1.807, 2.05) is 61.5 Å². The zero-order valence-electron chi connectivity index (χ0n) is 20.9. The minimum absolute atomic E-state index is 0.00632. The average molecular weight is 477 g/mol. The molecule has 1 fully saturated rings. The van der Waals surface area contributed by atoms with Gasteiger partial charge in [-0.1, -0.05) is 71.3 Å². The second kappa shape index (κ2) is 9.28.